The smallest absolute Gasteiger partial charge is 0.307 e. The Bertz CT molecular complexity index is 1560. The lowest BCUT2D eigenvalue weighted by Crippen LogP contribution is -2.06. The minimum absolute atomic E-state index is 0.0975. The summed E-state index contributed by atoms with van der Waals surface area (Å²) >= 11 is 0. The molecular weight excluding hydrogens is 440 g/mol. The molecule has 2 aromatic heterocycles. The van der Waals surface area contributed by atoms with Gasteiger partial charge in [-0.2, -0.15) is 5.10 Å². The average molecular weight is 467 g/mol. The Kier molecular flexibility index (Phi) is 5.82. The number of ether oxygens (including phenoxy) is 1. The fourth-order valence-electron chi connectivity index (χ4n) is 4.42. The van der Waals surface area contributed by atoms with E-state index in [1.807, 2.05) is 41.1 Å². The van der Waals surface area contributed by atoms with Gasteiger partial charge in [-0.15, -0.1) is 0 Å². The fraction of sp³-hybridized carbons (Fsp3) is 0.179. The third-order valence-electron chi connectivity index (χ3n) is 6.06. The number of nitrogen functional groups attached to an aromatic ring is 1. The maximum Gasteiger partial charge on any atom is 0.307 e. The van der Waals surface area contributed by atoms with Gasteiger partial charge in [0.15, 0.2) is 0 Å². The molecule has 0 atom stereocenters. The second kappa shape index (κ2) is 9.10. The molecule has 35 heavy (non-hydrogen) atoms. The predicted molar refractivity (Wildman–Crippen MR) is 137 cm³/mol. The highest BCUT2D eigenvalue weighted by Gasteiger charge is 2.16. The first-order chi connectivity index (χ1) is 16.9. The second-order valence-corrected chi connectivity index (χ2v) is 8.79. The van der Waals surface area contributed by atoms with Crippen molar-refractivity contribution in [3.8, 4) is 16.9 Å². The molecule has 2 heterocycles. The first-order valence-electron chi connectivity index (χ1n) is 11.5. The standard InChI is InChI=1S/C28H26N4O3/c1-17(2)32-25-11-10-18(20-12-13-30-28-21(20)7-5-8-23(28)29)14-22(25)24(31-32)16-35-26-9-4-3-6-19(26)15-27(33)34/h3-14,17H,15-16,29H2,1-2H3,(H,33,34). The summed E-state index contributed by atoms with van der Waals surface area (Å²) in [5.41, 5.74) is 12.1. The molecule has 0 amide bonds. The molecular formula is C28H26N4O3. The zero-order chi connectivity index (χ0) is 24.5. The van der Waals surface area contributed by atoms with Crippen LogP contribution < -0.4 is 10.5 Å². The SMILES string of the molecule is CC(C)n1nc(COc2ccccc2CC(=O)O)c2cc(-c3ccnc4c(N)cccc34)ccc21. The summed E-state index contributed by atoms with van der Waals surface area (Å²) < 4.78 is 8.08. The van der Waals surface area contributed by atoms with E-state index in [0.717, 1.165) is 38.6 Å². The minimum atomic E-state index is -0.898. The van der Waals surface area contributed by atoms with Gasteiger partial charge in [0.2, 0.25) is 0 Å². The van der Waals surface area contributed by atoms with E-state index < -0.39 is 5.97 Å². The molecule has 0 saturated carbocycles. The third-order valence-corrected chi connectivity index (χ3v) is 6.06. The molecule has 3 aromatic carbocycles. The van der Waals surface area contributed by atoms with Crippen LogP contribution in [-0.4, -0.2) is 25.8 Å². The number of para-hydroxylation sites is 2. The number of anilines is 1. The van der Waals surface area contributed by atoms with Crippen molar-refractivity contribution < 1.29 is 14.6 Å². The van der Waals surface area contributed by atoms with Crippen LogP contribution in [0.1, 0.15) is 31.1 Å². The number of carboxylic acid groups (broad SMARTS) is 1. The number of carboxylic acids is 1. The van der Waals surface area contributed by atoms with Crippen LogP contribution in [0.25, 0.3) is 32.9 Å². The van der Waals surface area contributed by atoms with Crippen LogP contribution in [0.4, 0.5) is 5.69 Å². The molecule has 7 heteroatoms. The van der Waals surface area contributed by atoms with Crippen LogP contribution in [0.5, 0.6) is 5.75 Å². The predicted octanol–water partition coefficient (Wildman–Crippen LogP) is 5.62. The molecule has 0 aliphatic rings. The van der Waals surface area contributed by atoms with Gasteiger partial charge >= 0.3 is 5.97 Å². The van der Waals surface area contributed by atoms with Crippen molar-refractivity contribution in [2.45, 2.75) is 32.9 Å². The first kappa shape index (κ1) is 22.4. The number of rotatable bonds is 7. The van der Waals surface area contributed by atoms with Crippen molar-refractivity contribution in [3.05, 3.63) is 84.2 Å². The van der Waals surface area contributed by atoms with Gasteiger partial charge in [0.1, 0.15) is 18.1 Å². The van der Waals surface area contributed by atoms with E-state index in [1.54, 1.807) is 18.3 Å². The fourth-order valence-corrected chi connectivity index (χ4v) is 4.42. The first-order valence-corrected chi connectivity index (χ1v) is 11.5. The maximum atomic E-state index is 11.3. The molecule has 0 radical (unpaired) electrons. The van der Waals surface area contributed by atoms with E-state index in [2.05, 4.69) is 37.0 Å². The number of benzene rings is 3. The van der Waals surface area contributed by atoms with Gasteiger partial charge in [-0.3, -0.25) is 14.5 Å². The number of aromatic nitrogens is 3. The van der Waals surface area contributed by atoms with E-state index >= 15 is 0 Å². The van der Waals surface area contributed by atoms with Crippen molar-refractivity contribution in [3.63, 3.8) is 0 Å². The zero-order valence-electron chi connectivity index (χ0n) is 19.6. The normalized spacial score (nSPS) is 11.4. The van der Waals surface area contributed by atoms with Gasteiger partial charge < -0.3 is 15.6 Å². The zero-order valence-corrected chi connectivity index (χ0v) is 19.6. The van der Waals surface area contributed by atoms with Crippen molar-refractivity contribution >= 4 is 33.5 Å². The minimum Gasteiger partial charge on any atom is -0.487 e. The van der Waals surface area contributed by atoms with Gasteiger partial charge in [0.25, 0.3) is 0 Å². The topological polar surface area (TPSA) is 103 Å². The summed E-state index contributed by atoms with van der Waals surface area (Å²) in [5, 5.41) is 16.1. The third kappa shape index (κ3) is 4.28. The molecule has 5 rings (SSSR count). The lowest BCUT2D eigenvalue weighted by Gasteiger charge is -2.10. The Balaban J connectivity index is 1.58. The number of pyridine rings is 1. The molecule has 3 N–H and O–H groups in total. The van der Waals surface area contributed by atoms with Crippen molar-refractivity contribution in [2.24, 2.45) is 0 Å². The van der Waals surface area contributed by atoms with Crippen LogP contribution in [0.15, 0.2) is 72.9 Å². The molecule has 0 aliphatic heterocycles. The lowest BCUT2D eigenvalue weighted by atomic mass is 9.99. The average Bonchev–Trinajstić information content (AvgIpc) is 3.21. The highest BCUT2D eigenvalue weighted by atomic mass is 16.5. The summed E-state index contributed by atoms with van der Waals surface area (Å²) in [5.74, 6) is -0.348. The number of hydrogen-bond donors (Lipinski definition) is 2. The number of carbonyl (C=O) groups is 1. The highest BCUT2D eigenvalue weighted by Crippen LogP contribution is 2.33. The molecule has 0 fully saturated rings. The molecule has 0 bridgehead atoms. The van der Waals surface area contributed by atoms with E-state index in [9.17, 15) is 9.90 Å². The number of hydrogen-bond acceptors (Lipinski definition) is 5. The summed E-state index contributed by atoms with van der Waals surface area (Å²) in [4.78, 5) is 15.7. The van der Waals surface area contributed by atoms with Gasteiger partial charge in [0.05, 0.1) is 23.1 Å². The lowest BCUT2D eigenvalue weighted by molar-refractivity contribution is -0.136. The summed E-state index contributed by atoms with van der Waals surface area (Å²) in [6.07, 6.45) is 1.68. The quantitative estimate of drug-likeness (QED) is 0.302. The van der Waals surface area contributed by atoms with Crippen molar-refractivity contribution in [2.75, 3.05) is 5.73 Å². The Hall–Kier alpha value is -4.39. The Morgan fingerprint density at radius 2 is 1.89 bits per heavy atom. The Morgan fingerprint density at radius 3 is 2.69 bits per heavy atom. The highest BCUT2D eigenvalue weighted by molar-refractivity contribution is 6.01. The Labute approximate surface area is 202 Å². The molecule has 7 nitrogen and oxygen atoms in total. The van der Waals surface area contributed by atoms with Crippen LogP contribution >= 0.6 is 0 Å². The molecule has 0 aliphatic carbocycles. The monoisotopic (exact) mass is 466 g/mol. The summed E-state index contributed by atoms with van der Waals surface area (Å²) in [7, 11) is 0. The van der Waals surface area contributed by atoms with Crippen LogP contribution in [0, 0.1) is 0 Å². The van der Waals surface area contributed by atoms with Crippen molar-refractivity contribution in [1.82, 2.24) is 14.8 Å². The summed E-state index contributed by atoms with van der Waals surface area (Å²) in [6.45, 7) is 4.40. The molecule has 0 unspecified atom stereocenters. The van der Waals surface area contributed by atoms with Gasteiger partial charge in [-0.05, 0) is 55.3 Å². The van der Waals surface area contributed by atoms with E-state index in [-0.39, 0.29) is 19.1 Å². The van der Waals surface area contributed by atoms with E-state index in [0.29, 0.717) is 17.0 Å². The van der Waals surface area contributed by atoms with Crippen molar-refractivity contribution in [1.29, 1.82) is 0 Å². The molecule has 0 saturated heterocycles. The van der Waals surface area contributed by atoms with Gasteiger partial charge in [-0.25, -0.2) is 0 Å². The summed E-state index contributed by atoms with van der Waals surface area (Å²) in [6, 6.07) is 21.5. The second-order valence-electron chi connectivity index (χ2n) is 8.79. The molecule has 5 aromatic rings. The number of fused-ring (bicyclic) bond motifs is 2. The van der Waals surface area contributed by atoms with E-state index in [4.69, 9.17) is 15.6 Å². The number of nitrogens with zero attached hydrogens (tertiary/aromatic N) is 3. The number of nitrogens with two attached hydrogens (primary N) is 1. The Morgan fingerprint density at radius 1 is 1.06 bits per heavy atom. The van der Waals surface area contributed by atoms with E-state index in [1.165, 1.54) is 0 Å². The molecule has 0 spiro atoms. The maximum absolute atomic E-state index is 11.3. The van der Waals surface area contributed by atoms with Crippen LogP contribution in [0.3, 0.4) is 0 Å². The largest absolute Gasteiger partial charge is 0.487 e. The van der Waals surface area contributed by atoms with Crippen LogP contribution in [-0.2, 0) is 17.8 Å². The van der Waals surface area contributed by atoms with Gasteiger partial charge in [-0.1, -0.05) is 36.4 Å². The van der Waals surface area contributed by atoms with Crippen LogP contribution in [0.2, 0.25) is 0 Å². The van der Waals surface area contributed by atoms with Gasteiger partial charge in [0, 0.05) is 28.6 Å². The molecule has 176 valence electrons. The number of aliphatic carboxylic acids is 1.